The minimum absolute atomic E-state index is 1.17. The molecule has 0 N–H and O–H groups in total. The Kier molecular flexibility index (Phi) is 3.54. The van der Waals surface area contributed by atoms with Crippen LogP contribution in [0.25, 0.3) is 0 Å². The summed E-state index contributed by atoms with van der Waals surface area (Å²) in [5.41, 5.74) is 0. The third-order valence-corrected chi connectivity index (χ3v) is 24.2. The van der Waals surface area contributed by atoms with Crippen LogP contribution in [0.1, 0.15) is 25.7 Å². The zero-order valence-electron chi connectivity index (χ0n) is 12.3. The van der Waals surface area contributed by atoms with Crippen LogP contribution in [0.3, 0.4) is 0 Å². The van der Waals surface area contributed by atoms with Gasteiger partial charge >= 0.3 is 132 Å². The molecule has 0 aromatic rings. The van der Waals surface area contributed by atoms with Gasteiger partial charge in [-0.15, -0.1) is 0 Å². The van der Waals surface area contributed by atoms with Crippen LogP contribution in [-0.2, 0) is 20.0 Å². The first-order valence-corrected chi connectivity index (χ1v) is 15.1. The fourth-order valence-corrected chi connectivity index (χ4v) is 24.1. The van der Waals surface area contributed by atoms with Crippen LogP contribution >= 0.6 is 0 Å². The van der Waals surface area contributed by atoms with Gasteiger partial charge in [0, 0.05) is 0 Å². The molecule has 0 spiro atoms. The summed E-state index contributed by atoms with van der Waals surface area (Å²) in [5.74, 6) is 0. The molecule has 0 atom stereocenters. The molecule has 0 fully saturated rings. The van der Waals surface area contributed by atoms with Gasteiger partial charge < -0.3 is 0 Å². The van der Waals surface area contributed by atoms with E-state index in [1.807, 2.05) is 0 Å². The SMILES string of the molecule is C1=CC[C]([Hf]([C]2=CC=CC2)([C]2=CC=CC2)[C]2=CC=CC2)=C1. The van der Waals surface area contributed by atoms with E-state index in [1.54, 1.807) is 13.3 Å². The molecule has 0 saturated heterocycles. The van der Waals surface area contributed by atoms with E-state index in [2.05, 4.69) is 72.9 Å². The number of rotatable bonds is 4. The van der Waals surface area contributed by atoms with E-state index in [1.165, 1.54) is 25.7 Å². The molecule has 0 radical (unpaired) electrons. The van der Waals surface area contributed by atoms with E-state index in [9.17, 15) is 0 Å². The van der Waals surface area contributed by atoms with Crippen LogP contribution in [0, 0.1) is 0 Å². The van der Waals surface area contributed by atoms with E-state index < -0.39 is 20.0 Å². The maximum atomic E-state index is 2.44. The molecule has 0 bridgehead atoms. The van der Waals surface area contributed by atoms with Crippen LogP contribution in [-0.4, -0.2) is 0 Å². The summed E-state index contributed by atoms with van der Waals surface area (Å²) in [5, 5.41) is 0. The van der Waals surface area contributed by atoms with Crippen LogP contribution in [0.5, 0.6) is 0 Å². The first kappa shape index (κ1) is 13.5. The molecule has 104 valence electrons. The number of hydrogen-bond donors (Lipinski definition) is 0. The van der Waals surface area contributed by atoms with Crippen molar-refractivity contribution in [3.05, 3.63) is 86.2 Å². The van der Waals surface area contributed by atoms with E-state index in [4.69, 9.17) is 0 Å². The fourth-order valence-electron chi connectivity index (χ4n) is 4.14. The molecule has 21 heavy (non-hydrogen) atoms. The summed E-state index contributed by atoms with van der Waals surface area (Å²) in [7, 11) is 0. The molecule has 4 aliphatic carbocycles. The topological polar surface area (TPSA) is 0 Å². The van der Waals surface area contributed by atoms with Crippen molar-refractivity contribution in [3.63, 3.8) is 0 Å². The number of allylic oxidation sites excluding steroid dienone is 16. The second-order valence-electron chi connectivity index (χ2n) is 6.05. The van der Waals surface area contributed by atoms with E-state index >= 15 is 0 Å². The molecule has 0 nitrogen and oxygen atoms in total. The Morgan fingerprint density at radius 3 is 0.952 bits per heavy atom. The summed E-state index contributed by atoms with van der Waals surface area (Å²) in [6.07, 6.45) is 33.0. The predicted octanol–water partition coefficient (Wildman–Crippen LogP) is 5.52. The molecule has 4 aliphatic rings. The summed E-state index contributed by atoms with van der Waals surface area (Å²) in [6, 6.07) is 0. The van der Waals surface area contributed by atoms with E-state index in [-0.39, 0.29) is 0 Å². The van der Waals surface area contributed by atoms with Gasteiger partial charge in [-0.3, -0.25) is 0 Å². The quantitative estimate of drug-likeness (QED) is 0.507. The van der Waals surface area contributed by atoms with Crippen molar-refractivity contribution in [2.75, 3.05) is 0 Å². The van der Waals surface area contributed by atoms with E-state index in [0.717, 1.165) is 0 Å². The second-order valence-corrected chi connectivity index (χ2v) is 20.7. The Balaban J connectivity index is 1.90. The Bertz CT molecular complexity index is 577. The van der Waals surface area contributed by atoms with Gasteiger partial charge in [0.25, 0.3) is 0 Å². The summed E-state index contributed by atoms with van der Waals surface area (Å²) < 4.78 is 7.06. The number of hydrogen-bond acceptors (Lipinski definition) is 0. The summed E-state index contributed by atoms with van der Waals surface area (Å²) >= 11 is -3.00. The van der Waals surface area contributed by atoms with E-state index in [0.29, 0.717) is 0 Å². The van der Waals surface area contributed by atoms with Crippen molar-refractivity contribution in [3.8, 4) is 0 Å². The van der Waals surface area contributed by atoms with Crippen LogP contribution in [0.15, 0.2) is 86.2 Å². The Morgan fingerprint density at radius 2 is 0.762 bits per heavy atom. The van der Waals surface area contributed by atoms with Gasteiger partial charge in [0.15, 0.2) is 0 Å². The zero-order chi connectivity index (χ0) is 14.1. The van der Waals surface area contributed by atoms with Crippen molar-refractivity contribution in [1.29, 1.82) is 0 Å². The molecule has 0 unspecified atom stereocenters. The standard InChI is InChI=1S/4C5H5.Hf/c4*1-2-4-5-3-1;/h4*1-3H,4H2;. The van der Waals surface area contributed by atoms with Crippen molar-refractivity contribution < 1.29 is 20.0 Å². The molecule has 0 heterocycles. The Hall–Kier alpha value is -1.21. The van der Waals surface area contributed by atoms with Crippen LogP contribution < -0.4 is 0 Å². The van der Waals surface area contributed by atoms with Gasteiger partial charge in [-0.1, -0.05) is 0 Å². The molecule has 1 heteroatoms. The fraction of sp³-hybridized carbons (Fsp3) is 0.200. The monoisotopic (exact) mass is 440 g/mol. The van der Waals surface area contributed by atoms with Gasteiger partial charge in [-0.25, -0.2) is 0 Å². The predicted molar refractivity (Wildman–Crippen MR) is 87.4 cm³/mol. The van der Waals surface area contributed by atoms with Crippen LogP contribution in [0.4, 0.5) is 0 Å². The Morgan fingerprint density at radius 1 is 0.476 bits per heavy atom. The second kappa shape index (κ2) is 5.53. The Labute approximate surface area is 131 Å². The van der Waals surface area contributed by atoms with Gasteiger partial charge in [0.1, 0.15) is 0 Å². The van der Waals surface area contributed by atoms with Gasteiger partial charge in [-0.2, -0.15) is 0 Å². The average molecular weight is 439 g/mol. The van der Waals surface area contributed by atoms with Gasteiger partial charge in [0.2, 0.25) is 0 Å². The van der Waals surface area contributed by atoms with Crippen molar-refractivity contribution in [2.45, 2.75) is 25.7 Å². The average Bonchev–Trinajstić information content (AvgIpc) is 3.32. The first-order chi connectivity index (χ1) is 10.4. The third-order valence-electron chi connectivity index (χ3n) is 5.01. The van der Waals surface area contributed by atoms with Crippen molar-refractivity contribution in [1.82, 2.24) is 0 Å². The summed E-state index contributed by atoms with van der Waals surface area (Å²) in [6.45, 7) is 0. The van der Waals surface area contributed by atoms with Gasteiger partial charge in [0.05, 0.1) is 0 Å². The third kappa shape index (κ3) is 2.05. The zero-order valence-corrected chi connectivity index (χ0v) is 15.8. The molecule has 0 amide bonds. The van der Waals surface area contributed by atoms with Crippen molar-refractivity contribution in [2.24, 2.45) is 0 Å². The molecule has 0 saturated carbocycles. The van der Waals surface area contributed by atoms with Crippen molar-refractivity contribution >= 4 is 0 Å². The molecular formula is C20H20Hf. The molecule has 0 aromatic carbocycles. The molecular weight excluding hydrogens is 419 g/mol. The normalized spacial score (nSPS) is 22.9. The first-order valence-electron chi connectivity index (χ1n) is 7.87. The molecule has 0 aromatic heterocycles. The van der Waals surface area contributed by atoms with Crippen LogP contribution in [0.2, 0.25) is 0 Å². The van der Waals surface area contributed by atoms with Gasteiger partial charge in [-0.05, 0) is 0 Å². The maximum absolute atomic E-state index is 3.00. The summed E-state index contributed by atoms with van der Waals surface area (Å²) in [4.78, 5) is 0. The molecule has 0 aliphatic heterocycles. The minimum atomic E-state index is -3.00. The molecule has 4 rings (SSSR count).